The molecule has 146 valence electrons. The van der Waals surface area contributed by atoms with Gasteiger partial charge in [0, 0.05) is 34.0 Å². The lowest BCUT2D eigenvalue weighted by molar-refractivity contribution is 0.275. The highest BCUT2D eigenvalue weighted by Gasteiger charge is 2.22. The van der Waals surface area contributed by atoms with Crippen LogP contribution >= 0.6 is 70.2 Å². The molecule has 0 bridgehead atoms. The molecule has 0 spiro atoms. The quantitative estimate of drug-likeness (QED) is 0.327. The van der Waals surface area contributed by atoms with Gasteiger partial charge in [0.05, 0.1) is 16.6 Å². The molecule has 3 aromatic rings. The summed E-state index contributed by atoms with van der Waals surface area (Å²) in [7, 11) is 0. The summed E-state index contributed by atoms with van der Waals surface area (Å²) in [6.07, 6.45) is 5.17. The fourth-order valence-electron chi connectivity index (χ4n) is 2.31. The van der Waals surface area contributed by atoms with Crippen LogP contribution in [0.5, 0.6) is 5.75 Å². The Balaban J connectivity index is 1.72. The molecule has 0 amide bonds. The minimum absolute atomic E-state index is 0.248. The minimum atomic E-state index is -0.261. The van der Waals surface area contributed by atoms with Gasteiger partial charge in [-0.1, -0.05) is 64.2 Å². The van der Waals surface area contributed by atoms with Crippen LogP contribution in [0.2, 0.25) is 20.1 Å². The Bertz CT molecular complexity index is 970. The lowest BCUT2D eigenvalue weighted by Crippen LogP contribution is -2.07. The van der Waals surface area contributed by atoms with Gasteiger partial charge in [0.15, 0.2) is 5.75 Å². The van der Waals surface area contributed by atoms with Gasteiger partial charge in [0.25, 0.3) is 4.45 Å². The Morgan fingerprint density at radius 1 is 1.07 bits per heavy atom. The van der Waals surface area contributed by atoms with E-state index in [-0.39, 0.29) is 9.70 Å². The van der Waals surface area contributed by atoms with Gasteiger partial charge in [-0.25, -0.2) is 4.98 Å². The van der Waals surface area contributed by atoms with Crippen LogP contribution in [0.15, 0.2) is 55.1 Å². The van der Waals surface area contributed by atoms with Gasteiger partial charge in [-0.3, -0.25) is 4.79 Å². The Morgan fingerprint density at radius 2 is 1.79 bits per heavy atom. The van der Waals surface area contributed by atoms with Crippen LogP contribution in [0.4, 0.5) is 4.79 Å². The molecule has 10 heteroatoms. The Kier molecular flexibility index (Phi) is 7.85. The number of thioether (sulfide) groups is 1. The molecule has 0 fully saturated rings. The van der Waals surface area contributed by atoms with Gasteiger partial charge in [-0.2, -0.15) is 0 Å². The van der Waals surface area contributed by atoms with Gasteiger partial charge < -0.3 is 8.75 Å². The first-order valence-electron chi connectivity index (χ1n) is 7.83. The smallest absolute Gasteiger partial charge is 0.285 e. The summed E-state index contributed by atoms with van der Waals surface area (Å²) in [6, 6.07) is 10.00. The highest BCUT2D eigenvalue weighted by atomic mass is 35.5. The number of halogens is 4. The number of aromatic nitrogens is 2. The van der Waals surface area contributed by atoms with Gasteiger partial charge in [-0.15, -0.1) is 0 Å². The molecule has 0 saturated carbocycles. The van der Waals surface area contributed by atoms with Crippen molar-refractivity contribution in [2.45, 2.75) is 11.8 Å². The molecule has 0 aliphatic rings. The molecular weight excluding hydrogens is 482 g/mol. The van der Waals surface area contributed by atoms with Crippen molar-refractivity contribution < 1.29 is 8.98 Å². The van der Waals surface area contributed by atoms with E-state index >= 15 is 0 Å². The molecule has 4 nitrogen and oxygen atoms in total. The van der Waals surface area contributed by atoms with E-state index in [1.165, 1.54) is 0 Å². The molecule has 2 aromatic carbocycles. The van der Waals surface area contributed by atoms with E-state index in [0.717, 1.165) is 17.3 Å². The third kappa shape index (κ3) is 5.99. The number of benzene rings is 2. The van der Waals surface area contributed by atoms with Crippen LogP contribution in [0.1, 0.15) is 10.8 Å². The summed E-state index contributed by atoms with van der Waals surface area (Å²) >= 11 is 26.1. The van der Waals surface area contributed by atoms with Gasteiger partial charge in [-0.05, 0) is 35.9 Å². The first-order chi connectivity index (χ1) is 13.4. The van der Waals surface area contributed by atoms with E-state index in [0.29, 0.717) is 44.4 Å². The molecule has 3 rings (SSSR count). The summed E-state index contributed by atoms with van der Waals surface area (Å²) in [5.41, 5.74) is 0.795. The Hall–Kier alpha value is -1.02. The highest BCUT2D eigenvalue weighted by molar-refractivity contribution is 8.37. The zero-order valence-corrected chi connectivity index (χ0v) is 18.7. The van der Waals surface area contributed by atoms with Crippen molar-refractivity contribution in [3.05, 3.63) is 80.8 Å². The lowest BCUT2D eigenvalue weighted by atomic mass is 10.1. The van der Waals surface area contributed by atoms with Crippen LogP contribution in [-0.2, 0) is 6.54 Å². The van der Waals surface area contributed by atoms with Crippen molar-refractivity contribution in [3.8, 4) is 5.75 Å². The van der Waals surface area contributed by atoms with Crippen molar-refractivity contribution in [2.75, 3.05) is 0 Å². The highest BCUT2D eigenvalue weighted by Crippen LogP contribution is 2.40. The van der Waals surface area contributed by atoms with Crippen LogP contribution in [0.25, 0.3) is 0 Å². The van der Waals surface area contributed by atoms with Crippen molar-refractivity contribution in [3.63, 3.8) is 0 Å². The summed E-state index contributed by atoms with van der Waals surface area (Å²) in [5, 5.41) is 1.57. The molecule has 0 N–H and O–H groups in total. The fourth-order valence-corrected chi connectivity index (χ4v) is 5.13. The van der Waals surface area contributed by atoms with E-state index in [9.17, 15) is 4.79 Å². The molecule has 0 aliphatic heterocycles. The average molecular weight is 494 g/mol. The molecular formula is C18H12Cl4N2O2S2. The topological polar surface area (TPSA) is 44.1 Å². The van der Waals surface area contributed by atoms with E-state index in [1.807, 2.05) is 16.8 Å². The third-order valence-electron chi connectivity index (χ3n) is 3.58. The molecule has 0 aliphatic carbocycles. The second-order valence-corrected chi connectivity index (χ2v) is 9.35. The van der Waals surface area contributed by atoms with Crippen molar-refractivity contribution in [1.82, 2.24) is 9.55 Å². The van der Waals surface area contributed by atoms with E-state index in [4.69, 9.17) is 50.6 Å². The Labute approximate surface area is 190 Å². The normalized spacial score (nSPS) is 12.0. The van der Waals surface area contributed by atoms with Crippen molar-refractivity contribution >= 4 is 74.7 Å². The zero-order valence-electron chi connectivity index (χ0n) is 14.0. The molecule has 1 atom stereocenters. The summed E-state index contributed by atoms with van der Waals surface area (Å²) in [4.78, 5) is 16.6. The van der Waals surface area contributed by atoms with Crippen LogP contribution < -0.4 is 4.18 Å². The lowest BCUT2D eigenvalue weighted by Gasteiger charge is -2.18. The summed E-state index contributed by atoms with van der Waals surface area (Å²) in [5.74, 6) is 0.362. The zero-order chi connectivity index (χ0) is 20.1. The molecule has 1 unspecified atom stereocenters. The number of imidazole rings is 1. The van der Waals surface area contributed by atoms with Crippen LogP contribution in [0.3, 0.4) is 0 Å². The number of carbonyl (C=O) groups is 1. The maximum atomic E-state index is 12.5. The molecule has 0 saturated heterocycles. The first kappa shape index (κ1) is 21.7. The SMILES string of the molecule is O=C(SOc1ccc(Cl)cc1Cl)SC(Cn1ccnc1)c1ccc(Cl)cc1Cl. The molecule has 1 heterocycles. The average Bonchev–Trinajstić information content (AvgIpc) is 3.13. The second-order valence-electron chi connectivity index (χ2n) is 5.52. The van der Waals surface area contributed by atoms with Gasteiger partial charge in [0.1, 0.15) is 12.0 Å². The van der Waals surface area contributed by atoms with E-state index < -0.39 is 0 Å². The summed E-state index contributed by atoms with van der Waals surface area (Å²) in [6.45, 7) is 0.500. The number of carbonyl (C=O) groups excluding carboxylic acids is 1. The standard InChI is InChI=1S/C18H12Cl4N2O2S2/c19-11-1-3-13(14(21)7-11)17(9-24-6-5-23-10-24)27-18(25)28-26-16-4-2-12(20)8-15(16)22/h1-8,10,17H,9H2. The molecule has 0 radical (unpaired) electrons. The maximum Gasteiger partial charge on any atom is 0.285 e. The Morgan fingerprint density at radius 3 is 2.43 bits per heavy atom. The monoisotopic (exact) mass is 492 g/mol. The minimum Gasteiger partial charge on any atom is -0.415 e. The number of hydrogen-bond donors (Lipinski definition) is 0. The van der Waals surface area contributed by atoms with Crippen molar-refractivity contribution in [1.29, 1.82) is 0 Å². The molecule has 28 heavy (non-hydrogen) atoms. The van der Waals surface area contributed by atoms with Gasteiger partial charge in [0.2, 0.25) is 0 Å². The number of rotatable bonds is 6. The third-order valence-corrected chi connectivity index (χ3v) is 6.44. The number of hydrogen-bond acceptors (Lipinski definition) is 5. The van der Waals surface area contributed by atoms with E-state index in [2.05, 4.69) is 4.98 Å². The predicted molar refractivity (Wildman–Crippen MR) is 119 cm³/mol. The van der Waals surface area contributed by atoms with Crippen LogP contribution in [-0.4, -0.2) is 14.0 Å². The van der Waals surface area contributed by atoms with E-state index in [1.54, 1.807) is 42.9 Å². The van der Waals surface area contributed by atoms with Crippen molar-refractivity contribution in [2.24, 2.45) is 0 Å². The first-order valence-corrected chi connectivity index (χ1v) is 11.0. The second kappa shape index (κ2) is 10.1. The van der Waals surface area contributed by atoms with Crippen LogP contribution in [0, 0.1) is 0 Å². The van der Waals surface area contributed by atoms with Gasteiger partial charge >= 0.3 is 0 Å². The molecule has 1 aromatic heterocycles. The number of nitrogens with zero attached hydrogens (tertiary/aromatic N) is 2. The summed E-state index contributed by atoms with van der Waals surface area (Å²) < 4.78 is 7.08. The maximum absolute atomic E-state index is 12.5. The largest absolute Gasteiger partial charge is 0.415 e. The fraction of sp³-hybridized carbons (Fsp3) is 0.111. The predicted octanol–water partition coefficient (Wildman–Crippen LogP) is 7.82.